The first-order valence-electron chi connectivity index (χ1n) is 8.16. The van der Waals surface area contributed by atoms with Crippen LogP contribution in [0.5, 0.6) is 0 Å². The van der Waals surface area contributed by atoms with Crippen molar-refractivity contribution in [1.82, 2.24) is 24.9 Å². The van der Waals surface area contributed by atoms with Crippen molar-refractivity contribution in [2.45, 2.75) is 57.7 Å². The lowest BCUT2D eigenvalue weighted by atomic mass is 9.86. The Morgan fingerprint density at radius 1 is 1.35 bits per heavy atom. The zero-order valence-electron chi connectivity index (χ0n) is 13.9. The van der Waals surface area contributed by atoms with Gasteiger partial charge in [-0.25, -0.2) is 4.98 Å². The van der Waals surface area contributed by atoms with Gasteiger partial charge in [0.1, 0.15) is 0 Å². The molecular weight excluding hydrogens is 310 g/mol. The molecule has 1 N–H and O–H groups in total. The fourth-order valence-corrected chi connectivity index (χ4v) is 4.00. The summed E-state index contributed by atoms with van der Waals surface area (Å²) in [6.07, 6.45) is 4.78. The molecule has 23 heavy (non-hydrogen) atoms. The SMILES string of the molecule is Cc1cc(C)n2c(SCC(=O)N[C@@H]3CCCC[C@@H]3C)nnc2n1. The van der Waals surface area contributed by atoms with Gasteiger partial charge in [-0.05, 0) is 38.7 Å². The predicted molar refractivity (Wildman–Crippen MR) is 90.5 cm³/mol. The minimum atomic E-state index is 0.0724. The Morgan fingerprint density at radius 2 is 2.13 bits per heavy atom. The lowest BCUT2D eigenvalue weighted by Crippen LogP contribution is -2.41. The van der Waals surface area contributed by atoms with Gasteiger partial charge in [-0.1, -0.05) is 31.5 Å². The molecule has 0 bridgehead atoms. The Hall–Kier alpha value is -1.63. The van der Waals surface area contributed by atoms with Gasteiger partial charge in [0.2, 0.25) is 5.91 Å². The van der Waals surface area contributed by atoms with Crippen molar-refractivity contribution in [3.05, 3.63) is 17.5 Å². The minimum Gasteiger partial charge on any atom is -0.352 e. The maximum atomic E-state index is 12.2. The second-order valence-electron chi connectivity index (χ2n) is 6.38. The number of fused-ring (bicyclic) bond motifs is 1. The molecule has 0 saturated heterocycles. The normalized spacial score (nSPS) is 21.5. The number of aromatic nitrogens is 4. The Labute approximate surface area is 140 Å². The molecule has 1 aliphatic carbocycles. The van der Waals surface area contributed by atoms with E-state index in [0.29, 0.717) is 23.5 Å². The van der Waals surface area contributed by atoms with E-state index in [4.69, 9.17) is 0 Å². The summed E-state index contributed by atoms with van der Waals surface area (Å²) in [5, 5.41) is 12.1. The monoisotopic (exact) mass is 333 g/mol. The number of amides is 1. The van der Waals surface area contributed by atoms with Crippen molar-refractivity contribution in [3.63, 3.8) is 0 Å². The topological polar surface area (TPSA) is 72.2 Å². The summed E-state index contributed by atoms with van der Waals surface area (Å²) < 4.78 is 1.90. The number of aryl methyl sites for hydroxylation is 2. The molecule has 0 aliphatic heterocycles. The zero-order valence-corrected chi connectivity index (χ0v) is 14.7. The molecule has 2 aromatic heterocycles. The summed E-state index contributed by atoms with van der Waals surface area (Å²) in [4.78, 5) is 16.6. The van der Waals surface area contributed by atoms with E-state index in [0.717, 1.165) is 23.0 Å². The highest BCUT2D eigenvalue weighted by molar-refractivity contribution is 7.99. The van der Waals surface area contributed by atoms with Gasteiger partial charge in [-0.3, -0.25) is 9.20 Å². The maximum absolute atomic E-state index is 12.2. The van der Waals surface area contributed by atoms with Gasteiger partial charge in [0, 0.05) is 17.4 Å². The number of hydrogen-bond donors (Lipinski definition) is 1. The molecule has 2 heterocycles. The van der Waals surface area contributed by atoms with Crippen LogP contribution in [-0.4, -0.2) is 37.3 Å². The highest BCUT2D eigenvalue weighted by Crippen LogP contribution is 2.24. The van der Waals surface area contributed by atoms with Crippen molar-refractivity contribution in [2.24, 2.45) is 5.92 Å². The first kappa shape index (κ1) is 16.2. The van der Waals surface area contributed by atoms with Gasteiger partial charge in [-0.15, -0.1) is 10.2 Å². The number of nitrogens with one attached hydrogen (secondary N) is 1. The van der Waals surface area contributed by atoms with Crippen LogP contribution >= 0.6 is 11.8 Å². The summed E-state index contributed by atoms with van der Waals surface area (Å²) in [5.74, 6) is 1.59. The first-order valence-corrected chi connectivity index (χ1v) is 9.14. The van der Waals surface area contributed by atoms with Crippen molar-refractivity contribution >= 4 is 23.4 Å². The number of carbonyl (C=O) groups is 1. The van der Waals surface area contributed by atoms with Crippen LogP contribution in [0.3, 0.4) is 0 Å². The second-order valence-corrected chi connectivity index (χ2v) is 7.32. The molecule has 7 heteroatoms. The summed E-state index contributed by atoms with van der Waals surface area (Å²) in [5.41, 5.74) is 1.95. The van der Waals surface area contributed by atoms with Gasteiger partial charge in [0.15, 0.2) is 5.16 Å². The zero-order chi connectivity index (χ0) is 16.4. The maximum Gasteiger partial charge on any atom is 0.256 e. The van der Waals surface area contributed by atoms with Crippen LogP contribution < -0.4 is 5.32 Å². The first-order chi connectivity index (χ1) is 11.0. The Kier molecular flexibility index (Phi) is 4.84. The van der Waals surface area contributed by atoms with E-state index in [9.17, 15) is 4.79 Å². The molecule has 0 radical (unpaired) electrons. The standard InChI is InChI=1S/C16H23N5OS/c1-10-6-4-5-7-13(10)18-14(22)9-23-16-20-19-15-17-11(2)8-12(3)21(15)16/h8,10,13H,4-7,9H2,1-3H3,(H,18,22)/t10-,13+/m0/s1. The summed E-state index contributed by atoms with van der Waals surface area (Å²) in [6, 6.07) is 2.31. The minimum absolute atomic E-state index is 0.0724. The average molecular weight is 333 g/mol. The van der Waals surface area contributed by atoms with Crippen LogP contribution in [0.15, 0.2) is 11.2 Å². The van der Waals surface area contributed by atoms with Crippen LogP contribution in [-0.2, 0) is 4.79 Å². The van der Waals surface area contributed by atoms with Gasteiger partial charge in [-0.2, -0.15) is 0 Å². The number of rotatable bonds is 4. The summed E-state index contributed by atoms with van der Waals surface area (Å²) in [7, 11) is 0. The van der Waals surface area contributed by atoms with Crippen LogP contribution in [0, 0.1) is 19.8 Å². The molecule has 124 valence electrons. The van der Waals surface area contributed by atoms with E-state index in [1.807, 2.05) is 24.3 Å². The molecule has 1 amide bonds. The molecule has 3 rings (SSSR count). The third-order valence-corrected chi connectivity index (χ3v) is 5.38. The van der Waals surface area contributed by atoms with Crippen molar-refractivity contribution in [2.75, 3.05) is 5.75 Å². The van der Waals surface area contributed by atoms with E-state index in [1.165, 1.54) is 31.0 Å². The van der Waals surface area contributed by atoms with Gasteiger partial charge in [0.25, 0.3) is 5.78 Å². The average Bonchev–Trinajstić information content (AvgIpc) is 2.90. The van der Waals surface area contributed by atoms with Crippen LogP contribution in [0.4, 0.5) is 0 Å². The van der Waals surface area contributed by atoms with Gasteiger partial charge in [0.05, 0.1) is 5.75 Å². The lowest BCUT2D eigenvalue weighted by molar-refractivity contribution is -0.119. The highest BCUT2D eigenvalue weighted by atomic mass is 32.2. The van der Waals surface area contributed by atoms with Crippen molar-refractivity contribution in [1.29, 1.82) is 0 Å². The molecule has 0 aromatic carbocycles. The third kappa shape index (κ3) is 3.65. The number of thioether (sulfide) groups is 1. The Balaban J connectivity index is 1.63. The van der Waals surface area contributed by atoms with E-state index in [-0.39, 0.29) is 5.91 Å². The molecule has 0 spiro atoms. The number of carbonyl (C=O) groups excluding carboxylic acids is 1. The molecule has 0 unspecified atom stereocenters. The fourth-order valence-electron chi connectivity index (χ4n) is 3.20. The van der Waals surface area contributed by atoms with E-state index < -0.39 is 0 Å². The quantitative estimate of drug-likeness (QED) is 0.871. The fraction of sp³-hybridized carbons (Fsp3) is 0.625. The number of nitrogens with zero attached hydrogens (tertiary/aromatic N) is 4. The molecule has 2 aromatic rings. The molecule has 6 nitrogen and oxygen atoms in total. The highest BCUT2D eigenvalue weighted by Gasteiger charge is 2.23. The predicted octanol–water partition coefficient (Wildman–Crippen LogP) is 2.53. The summed E-state index contributed by atoms with van der Waals surface area (Å²) >= 11 is 1.41. The van der Waals surface area contributed by atoms with Crippen molar-refractivity contribution < 1.29 is 4.79 Å². The second kappa shape index (κ2) is 6.86. The van der Waals surface area contributed by atoms with Gasteiger partial charge < -0.3 is 5.32 Å². The molecule has 1 aliphatic rings. The van der Waals surface area contributed by atoms with E-state index >= 15 is 0 Å². The number of hydrogen-bond acceptors (Lipinski definition) is 5. The summed E-state index contributed by atoms with van der Waals surface area (Å²) in [6.45, 7) is 6.16. The Morgan fingerprint density at radius 3 is 2.91 bits per heavy atom. The smallest absolute Gasteiger partial charge is 0.256 e. The molecule has 1 saturated carbocycles. The Bertz CT molecular complexity index is 714. The van der Waals surface area contributed by atoms with Gasteiger partial charge >= 0.3 is 0 Å². The third-order valence-electron chi connectivity index (χ3n) is 4.45. The van der Waals surface area contributed by atoms with E-state index in [2.05, 4.69) is 27.4 Å². The molecule has 2 atom stereocenters. The van der Waals surface area contributed by atoms with Crippen molar-refractivity contribution in [3.8, 4) is 0 Å². The van der Waals surface area contributed by atoms with Crippen LogP contribution in [0.2, 0.25) is 0 Å². The lowest BCUT2D eigenvalue weighted by Gasteiger charge is -2.29. The van der Waals surface area contributed by atoms with Crippen LogP contribution in [0.25, 0.3) is 5.78 Å². The van der Waals surface area contributed by atoms with E-state index in [1.54, 1.807) is 0 Å². The molecule has 1 fully saturated rings. The molecular formula is C16H23N5OS. The van der Waals surface area contributed by atoms with Crippen LogP contribution in [0.1, 0.15) is 44.0 Å². The largest absolute Gasteiger partial charge is 0.352 e.